The summed E-state index contributed by atoms with van der Waals surface area (Å²) in [5.74, 6) is -0.0350. The summed E-state index contributed by atoms with van der Waals surface area (Å²) < 4.78 is 14.2. The van der Waals surface area contributed by atoms with Crippen LogP contribution < -0.4 is 10.5 Å². The number of rotatable bonds is 2. The first kappa shape index (κ1) is 16.7. The van der Waals surface area contributed by atoms with Crippen LogP contribution in [-0.4, -0.2) is 28.0 Å². The number of aromatic amines is 1. The Bertz CT molecular complexity index is 1000. The minimum absolute atomic E-state index is 0.0991. The van der Waals surface area contributed by atoms with Gasteiger partial charge in [-0.15, -0.1) is 0 Å². The lowest BCUT2D eigenvalue weighted by atomic mass is 9.89. The topological polar surface area (TPSA) is 61.9 Å². The second-order valence-corrected chi connectivity index (χ2v) is 6.97. The molecule has 0 unspecified atom stereocenters. The third-order valence-corrected chi connectivity index (χ3v) is 5.15. The van der Waals surface area contributed by atoms with Gasteiger partial charge in [0.25, 0.3) is 5.56 Å². The van der Waals surface area contributed by atoms with Gasteiger partial charge in [0.1, 0.15) is 11.3 Å². The Hall–Kier alpha value is -2.76. The fourth-order valence-corrected chi connectivity index (χ4v) is 3.82. The summed E-state index contributed by atoms with van der Waals surface area (Å²) in [7, 11) is 0. The van der Waals surface area contributed by atoms with Gasteiger partial charge < -0.3 is 9.88 Å². The van der Waals surface area contributed by atoms with Crippen molar-refractivity contribution in [3.63, 3.8) is 0 Å². The van der Waals surface area contributed by atoms with Crippen LogP contribution in [0.25, 0.3) is 11.2 Å². The molecule has 0 amide bonds. The Morgan fingerprint density at radius 1 is 1.23 bits per heavy atom. The van der Waals surface area contributed by atoms with Crippen LogP contribution in [0.15, 0.2) is 35.3 Å². The third kappa shape index (κ3) is 2.96. The quantitative estimate of drug-likeness (QED) is 0.767. The molecular weight excluding hydrogens is 331 g/mol. The predicted molar refractivity (Wildman–Crippen MR) is 100 cm³/mol. The highest BCUT2D eigenvalue weighted by Gasteiger charge is 2.25. The monoisotopic (exact) mass is 352 g/mol. The Balaban J connectivity index is 1.58. The van der Waals surface area contributed by atoms with Crippen molar-refractivity contribution in [2.45, 2.75) is 32.6 Å². The van der Waals surface area contributed by atoms with Gasteiger partial charge in [0.05, 0.1) is 11.4 Å². The zero-order valence-corrected chi connectivity index (χ0v) is 14.9. The Morgan fingerprint density at radius 2 is 2.00 bits per heavy atom. The molecule has 5 nitrogen and oxygen atoms in total. The molecule has 134 valence electrons. The number of aryl methyl sites for hydroxylation is 2. The molecule has 0 aliphatic carbocycles. The van der Waals surface area contributed by atoms with Gasteiger partial charge in [-0.05, 0) is 50.3 Å². The highest BCUT2D eigenvalue weighted by atomic mass is 19.1. The Morgan fingerprint density at radius 3 is 2.73 bits per heavy atom. The van der Waals surface area contributed by atoms with E-state index in [0.29, 0.717) is 16.9 Å². The summed E-state index contributed by atoms with van der Waals surface area (Å²) in [6.07, 6.45) is 3.32. The lowest BCUT2D eigenvalue weighted by Crippen LogP contribution is -2.35. The van der Waals surface area contributed by atoms with Gasteiger partial charge in [-0.25, -0.2) is 9.37 Å². The number of piperidine rings is 1. The zero-order chi connectivity index (χ0) is 18.3. The van der Waals surface area contributed by atoms with Crippen molar-refractivity contribution < 1.29 is 4.39 Å². The van der Waals surface area contributed by atoms with E-state index >= 15 is 0 Å². The molecule has 1 aromatic carbocycles. The molecule has 6 heteroatoms. The molecule has 1 aliphatic rings. The summed E-state index contributed by atoms with van der Waals surface area (Å²) in [5, 5.41) is 0. The first-order valence-electron chi connectivity index (χ1n) is 8.89. The Kier molecular flexibility index (Phi) is 4.18. The second-order valence-electron chi connectivity index (χ2n) is 6.97. The van der Waals surface area contributed by atoms with Gasteiger partial charge in [-0.3, -0.25) is 9.78 Å². The van der Waals surface area contributed by atoms with Crippen LogP contribution in [0.4, 0.5) is 10.1 Å². The summed E-state index contributed by atoms with van der Waals surface area (Å²) in [6, 6.07) is 7.02. The third-order valence-electron chi connectivity index (χ3n) is 5.15. The average Bonchev–Trinajstić information content (AvgIpc) is 2.61. The van der Waals surface area contributed by atoms with Gasteiger partial charge in [-0.2, -0.15) is 0 Å². The fraction of sp³-hybridized carbons (Fsp3) is 0.350. The van der Waals surface area contributed by atoms with Crippen LogP contribution in [0, 0.1) is 19.7 Å². The van der Waals surface area contributed by atoms with Crippen molar-refractivity contribution in [2.24, 2.45) is 0 Å². The molecule has 3 heterocycles. The normalized spacial score (nSPS) is 15.6. The largest absolute Gasteiger partial charge is 0.369 e. The minimum atomic E-state index is -0.183. The first-order chi connectivity index (χ1) is 12.5. The van der Waals surface area contributed by atoms with Gasteiger partial charge in [0.15, 0.2) is 5.65 Å². The van der Waals surface area contributed by atoms with E-state index in [2.05, 4.69) is 19.9 Å². The number of para-hydroxylation sites is 1. The summed E-state index contributed by atoms with van der Waals surface area (Å²) in [5.41, 5.74) is 4.28. The van der Waals surface area contributed by atoms with Crippen molar-refractivity contribution in [1.82, 2.24) is 15.0 Å². The SMILES string of the molecule is Cc1cnc2cc(C3CCN(c4c(C)cccc4F)CC3)c(=O)[nH]c2n1. The molecule has 1 fully saturated rings. The number of aromatic nitrogens is 3. The maximum Gasteiger partial charge on any atom is 0.253 e. The molecule has 0 spiro atoms. The molecular formula is C20H21FN4O. The standard InChI is InChI=1S/C20H21FN4O/c1-12-4-3-5-16(21)18(12)25-8-6-14(7-9-25)15-10-17-19(24-20(15)26)23-13(2)11-22-17/h3-5,10-11,14H,6-9H2,1-2H3,(H,23,24,26). The smallest absolute Gasteiger partial charge is 0.253 e. The average molecular weight is 352 g/mol. The van der Waals surface area contributed by atoms with Crippen LogP contribution in [-0.2, 0) is 0 Å². The molecule has 26 heavy (non-hydrogen) atoms. The number of benzene rings is 1. The molecule has 1 aliphatic heterocycles. The molecule has 3 aromatic rings. The van der Waals surface area contributed by atoms with Crippen molar-refractivity contribution in [3.8, 4) is 0 Å². The molecule has 0 atom stereocenters. The van der Waals surface area contributed by atoms with Crippen LogP contribution in [0.5, 0.6) is 0 Å². The molecule has 0 bridgehead atoms. The number of pyridine rings is 1. The maximum absolute atomic E-state index is 14.2. The number of halogens is 1. The van der Waals surface area contributed by atoms with Crippen LogP contribution >= 0.6 is 0 Å². The molecule has 0 radical (unpaired) electrons. The van der Waals surface area contributed by atoms with Crippen LogP contribution in [0.3, 0.4) is 0 Å². The molecule has 1 N–H and O–H groups in total. The van der Waals surface area contributed by atoms with Gasteiger partial charge in [0, 0.05) is 24.8 Å². The van der Waals surface area contributed by atoms with E-state index < -0.39 is 0 Å². The van der Waals surface area contributed by atoms with E-state index in [-0.39, 0.29) is 17.3 Å². The van der Waals surface area contributed by atoms with Crippen molar-refractivity contribution >= 4 is 16.9 Å². The number of hydrogen-bond acceptors (Lipinski definition) is 4. The van der Waals surface area contributed by atoms with Crippen LogP contribution in [0.1, 0.15) is 35.6 Å². The van der Waals surface area contributed by atoms with Gasteiger partial charge >= 0.3 is 0 Å². The number of H-pyrrole nitrogens is 1. The lowest BCUT2D eigenvalue weighted by Gasteiger charge is -2.34. The molecule has 1 saturated heterocycles. The summed E-state index contributed by atoms with van der Waals surface area (Å²) >= 11 is 0. The van der Waals surface area contributed by atoms with E-state index in [1.165, 1.54) is 6.07 Å². The predicted octanol–water partition coefficient (Wildman–Crippen LogP) is 3.46. The van der Waals surface area contributed by atoms with E-state index in [0.717, 1.165) is 42.8 Å². The van der Waals surface area contributed by atoms with Gasteiger partial charge in [-0.1, -0.05) is 12.1 Å². The lowest BCUT2D eigenvalue weighted by molar-refractivity contribution is 0.494. The highest BCUT2D eigenvalue weighted by molar-refractivity contribution is 5.70. The molecule has 4 rings (SSSR count). The summed E-state index contributed by atoms with van der Waals surface area (Å²) in [4.78, 5) is 26.1. The molecule has 2 aromatic heterocycles. The van der Waals surface area contributed by atoms with E-state index in [1.54, 1.807) is 12.3 Å². The Labute approximate surface area is 150 Å². The van der Waals surface area contributed by atoms with Crippen LogP contribution in [0.2, 0.25) is 0 Å². The first-order valence-corrected chi connectivity index (χ1v) is 8.89. The van der Waals surface area contributed by atoms with E-state index in [9.17, 15) is 9.18 Å². The van der Waals surface area contributed by atoms with E-state index in [4.69, 9.17) is 0 Å². The number of fused-ring (bicyclic) bond motifs is 1. The minimum Gasteiger partial charge on any atom is -0.369 e. The van der Waals surface area contributed by atoms with Crippen molar-refractivity contribution in [2.75, 3.05) is 18.0 Å². The van der Waals surface area contributed by atoms with Crippen molar-refractivity contribution in [3.05, 3.63) is 63.5 Å². The number of anilines is 1. The highest BCUT2D eigenvalue weighted by Crippen LogP contribution is 2.32. The van der Waals surface area contributed by atoms with Crippen molar-refractivity contribution in [1.29, 1.82) is 0 Å². The maximum atomic E-state index is 14.2. The fourth-order valence-electron chi connectivity index (χ4n) is 3.82. The molecule has 0 saturated carbocycles. The zero-order valence-electron chi connectivity index (χ0n) is 14.9. The second kappa shape index (κ2) is 6.52. The van der Waals surface area contributed by atoms with Gasteiger partial charge in [0.2, 0.25) is 0 Å². The number of nitrogens with one attached hydrogen (secondary N) is 1. The summed E-state index contributed by atoms with van der Waals surface area (Å²) in [6.45, 7) is 5.23. The number of nitrogens with zero attached hydrogens (tertiary/aromatic N) is 3. The number of hydrogen-bond donors (Lipinski definition) is 1. The van der Waals surface area contributed by atoms with E-state index in [1.807, 2.05) is 26.0 Å².